The summed E-state index contributed by atoms with van der Waals surface area (Å²) >= 11 is 0. The molecule has 1 heterocycles. The van der Waals surface area contributed by atoms with E-state index in [4.69, 9.17) is 4.74 Å². The fraction of sp³-hybridized carbons (Fsp3) is 0.409. The average molecular weight is 353 g/mol. The maximum atomic E-state index is 12.6. The summed E-state index contributed by atoms with van der Waals surface area (Å²) in [4.78, 5) is 14.4. The van der Waals surface area contributed by atoms with E-state index >= 15 is 0 Å². The van der Waals surface area contributed by atoms with Crippen LogP contribution in [0.25, 0.3) is 11.1 Å². The molecule has 1 fully saturated rings. The number of likely N-dealkylation sites (tertiary alicyclic amines) is 1. The first-order valence-corrected chi connectivity index (χ1v) is 9.16. The van der Waals surface area contributed by atoms with Crippen molar-refractivity contribution in [2.45, 2.75) is 51.4 Å². The molecule has 2 atom stereocenters. The van der Waals surface area contributed by atoms with Crippen LogP contribution in [-0.2, 0) is 4.74 Å². The molecule has 1 N–H and O–H groups in total. The monoisotopic (exact) mass is 353 g/mol. The van der Waals surface area contributed by atoms with Crippen molar-refractivity contribution in [3.63, 3.8) is 0 Å². The molecule has 2 aromatic carbocycles. The number of aliphatic hydroxyl groups excluding tert-OH is 1. The van der Waals surface area contributed by atoms with Gasteiger partial charge in [0.15, 0.2) is 0 Å². The molecule has 1 aliphatic rings. The highest BCUT2D eigenvalue weighted by molar-refractivity contribution is 5.69. The van der Waals surface area contributed by atoms with Crippen LogP contribution in [-0.4, -0.2) is 34.3 Å². The molecular formula is C22H27NO3. The van der Waals surface area contributed by atoms with Crippen molar-refractivity contribution in [1.29, 1.82) is 0 Å². The number of rotatable bonds is 2. The lowest BCUT2D eigenvalue weighted by Gasteiger charge is -2.38. The van der Waals surface area contributed by atoms with Crippen LogP contribution in [0.15, 0.2) is 54.6 Å². The van der Waals surface area contributed by atoms with Gasteiger partial charge in [0.1, 0.15) is 5.60 Å². The Kier molecular flexibility index (Phi) is 5.33. The lowest BCUT2D eigenvalue weighted by atomic mass is 9.92. The van der Waals surface area contributed by atoms with Crippen LogP contribution >= 0.6 is 0 Å². The molecule has 0 spiro atoms. The predicted octanol–water partition coefficient (Wildman–Crippen LogP) is 4.79. The van der Waals surface area contributed by atoms with E-state index in [1.54, 1.807) is 4.90 Å². The van der Waals surface area contributed by atoms with E-state index in [2.05, 4.69) is 24.3 Å². The van der Waals surface area contributed by atoms with Gasteiger partial charge in [0.05, 0.1) is 12.1 Å². The fourth-order valence-electron chi connectivity index (χ4n) is 3.33. The Morgan fingerprint density at radius 2 is 1.65 bits per heavy atom. The van der Waals surface area contributed by atoms with Crippen molar-refractivity contribution in [2.75, 3.05) is 6.54 Å². The minimum atomic E-state index is -0.533. The highest BCUT2D eigenvalue weighted by Gasteiger charge is 2.34. The first-order valence-electron chi connectivity index (χ1n) is 9.16. The van der Waals surface area contributed by atoms with E-state index in [0.717, 1.165) is 16.7 Å². The molecule has 1 amide bonds. The maximum absolute atomic E-state index is 12.6. The molecule has 4 heteroatoms. The molecule has 2 aromatic rings. The van der Waals surface area contributed by atoms with Crippen LogP contribution in [0, 0.1) is 0 Å². The molecule has 26 heavy (non-hydrogen) atoms. The van der Waals surface area contributed by atoms with Crippen LogP contribution in [0.4, 0.5) is 4.79 Å². The number of carbonyl (C=O) groups is 1. The molecular weight excluding hydrogens is 326 g/mol. The van der Waals surface area contributed by atoms with Crippen molar-refractivity contribution in [3.8, 4) is 11.1 Å². The largest absolute Gasteiger partial charge is 0.444 e. The van der Waals surface area contributed by atoms with Crippen LogP contribution in [0.3, 0.4) is 0 Å². The Balaban J connectivity index is 1.83. The van der Waals surface area contributed by atoms with Gasteiger partial charge in [0.25, 0.3) is 0 Å². The summed E-state index contributed by atoms with van der Waals surface area (Å²) in [7, 11) is 0. The molecule has 0 saturated carbocycles. The van der Waals surface area contributed by atoms with Gasteiger partial charge in [0.2, 0.25) is 0 Å². The molecule has 0 aromatic heterocycles. The highest BCUT2D eigenvalue weighted by Crippen LogP contribution is 2.33. The van der Waals surface area contributed by atoms with Gasteiger partial charge < -0.3 is 14.7 Å². The van der Waals surface area contributed by atoms with Gasteiger partial charge in [-0.2, -0.15) is 0 Å². The second-order valence-electron chi connectivity index (χ2n) is 7.86. The summed E-state index contributed by atoms with van der Waals surface area (Å²) in [6.07, 6.45) is 0.399. The number of aliphatic hydroxyl groups is 1. The SMILES string of the molecule is CC(C)(C)OC(=O)N1CCC(O)CC1c1ccc(-c2ccccc2)cc1. The summed E-state index contributed by atoms with van der Waals surface area (Å²) in [6, 6.07) is 18.2. The van der Waals surface area contributed by atoms with Crippen molar-refractivity contribution in [3.05, 3.63) is 60.2 Å². The Morgan fingerprint density at radius 3 is 2.27 bits per heavy atom. The number of nitrogens with zero attached hydrogens (tertiary/aromatic N) is 1. The van der Waals surface area contributed by atoms with E-state index in [1.807, 2.05) is 51.1 Å². The second-order valence-corrected chi connectivity index (χ2v) is 7.86. The van der Waals surface area contributed by atoms with Gasteiger partial charge in [-0.15, -0.1) is 0 Å². The Bertz CT molecular complexity index is 734. The molecule has 138 valence electrons. The molecule has 4 nitrogen and oxygen atoms in total. The second kappa shape index (κ2) is 7.50. The van der Waals surface area contributed by atoms with Crippen molar-refractivity contribution in [1.82, 2.24) is 4.90 Å². The molecule has 3 rings (SSSR count). The van der Waals surface area contributed by atoms with E-state index in [1.165, 1.54) is 0 Å². The van der Waals surface area contributed by atoms with E-state index in [0.29, 0.717) is 19.4 Å². The fourth-order valence-corrected chi connectivity index (χ4v) is 3.33. The summed E-state index contributed by atoms with van der Waals surface area (Å²) in [5, 5.41) is 10.1. The van der Waals surface area contributed by atoms with Gasteiger partial charge >= 0.3 is 6.09 Å². The lowest BCUT2D eigenvalue weighted by Crippen LogP contribution is -2.44. The van der Waals surface area contributed by atoms with Crippen molar-refractivity contribution in [2.24, 2.45) is 0 Å². The predicted molar refractivity (Wildman–Crippen MR) is 103 cm³/mol. The number of amides is 1. The zero-order valence-corrected chi connectivity index (χ0v) is 15.7. The summed E-state index contributed by atoms with van der Waals surface area (Å²) < 4.78 is 5.56. The maximum Gasteiger partial charge on any atom is 0.410 e. The number of benzene rings is 2. The number of carbonyl (C=O) groups excluding carboxylic acids is 1. The topological polar surface area (TPSA) is 49.8 Å². The summed E-state index contributed by atoms with van der Waals surface area (Å²) in [5.41, 5.74) is 2.78. The first-order chi connectivity index (χ1) is 12.3. The number of piperidine rings is 1. The molecule has 0 aliphatic carbocycles. The quantitative estimate of drug-likeness (QED) is 0.845. The number of ether oxygens (including phenoxy) is 1. The van der Waals surface area contributed by atoms with Gasteiger partial charge in [-0.1, -0.05) is 54.6 Å². The smallest absolute Gasteiger partial charge is 0.410 e. The first kappa shape index (κ1) is 18.5. The van der Waals surface area contributed by atoms with Crippen LogP contribution in [0.1, 0.15) is 45.2 Å². The zero-order chi connectivity index (χ0) is 18.7. The van der Waals surface area contributed by atoms with Crippen molar-refractivity contribution < 1.29 is 14.6 Å². The third-order valence-electron chi connectivity index (χ3n) is 4.61. The van der Waals surface area contributed by atoms with Gasteiger partial charge in [-0.25, -0.2) is 4.79 Å². The summed E-state index contributed by atoms with van der Waals surface area (Å²) in [5.74, 6) is 0. The van der Waals surface area contributed by atoms with E-state index in [9.17, 15) is 9.90 Å². The standard InChI is InChI=1S/C22H27NO3/c1-22(2,3)26-21(25)23-14-13-19(24)15-20(23)18-11-9-17(10-12-18)16-7-5-4-6-8-16/h4-12,19-20,24H,13-15H2,1-3H3. The number of hydrogen-bond donors (Lipinski definition) is 1. The highest BCUT2D eigenvalue weighted by atomic mass is 16.6. The summed E-state index contributed by atoms with van der Waals surface area (Å²) in [6.45, 7) is 6.11. The van der Waals surface area contributed by atoms with Crippen LogP contribution in [0.5, 0.6) is 0 Å². The molecule has 2 unspecified atom stereocenters. The molecule has 1 saturated heterocycles. The van der Waals surface area contributed by atoms with Gasteiger partial charge in [0, 0.05) is 6.54 Å². The van der Waals surface area contributed by atoms with Crippen LogP contribution < -0.4 is 0 Å². The third-order valence-corrected chi connectivity index (χ3v) is 4.61. The number of hydrogen-bond acceptors (Lipinski definition) is 3. The molecule has 0 bridgehead atoms. The molecule has 1 aliphatic heterocycles. The van der Waals surface area contributed by atoms with Gasteiger partial charge in [-0.05, 0) is 50.3 Å². The van der Waals surface area contributed by atoms with Gasteiger partial charge in [-0.3, -0.25) is 0 Å². The zero-order valence-electron chi connectivity index (χ0n) is 15.7. The Morgan fingerprint density at radius 1 is 1.04 bits per heavy atom. The third kappa shape index (κ3) is 4.44. The normalized spacial score (nSPS) is 20.7. The average Bonchev–Trinajstić information content (AvgIpc) is 2.61. The minimum absolute atomic E-state index is 0.168. The lowest BCUT2D eigenvalue weighted by molar-refractivity contribution is -0.00842. The van der Waals surface area contributed by atoms with Crippen molar-refractivity contribution >= 4 is 6.09 Å². The Labute approximate surface area is 155 Å². The minimum Gasteiger partial charge on any atom is -0.444 e. The van der Waals surface area contributed by atoms with Crippen LogP contribution in [0.2, 0.25) is 0 Å². The Hall–Kier alpha value is -2.33. The van der Waals surface area contributed by atoms with E-state index in [-0.39, 0.29) is 12.1 Å². The molecule has 0 radical (unpaired) electrons. The van der Waals surface area contributed by atoms with E-state index < -0.39 is 11.7 Å².